The highest BCUT2D eigenvalue weighted by Gasteiger charge is 2.36. The number of fused-ring (bicyclic) bond motifs is 1. The van der Waals surface area contributed by atoms with Crippen molar-refractivity contribution >= 4 is 33.5 Å². The number of carbonyl (C=O) groups is 2. The van der Waals surface area contributed by atoms with E-state index in [9.17, 15) is 24.3 Å². The monoisotopic (exact) mass is 516 g/mol. The first-order valence-corrected chi connectivity index (χ1v) is 12.6. The maximum absolute atomic E-state index is 13.8. The number of aromatic nitrogens is 2. The molecule has 3 rings (SSSR count). The van der Waals surface area contributed by atoms with Crippen molar-refractivity contribution in [1.29, 1.82) is 0 Å². The van der Waals surface area contributed by atoms with Gasteiger partial charge in [-0.2, -0.15) is 0 Å². The van der Waals surface area contributed by atoms with Gasteiger partial charge in [0.25, 0.3) is 5.56 Å². The Balaban J connectivity index is 2.35. The van der Waals surface area contributed by atoms with E-state index in [2.05, 4.69) is 0 Å². The third-order valence-corrected chi connectivity index (χ3v) is 7.20. The molecule has 0 unspecified atom stereocenters. The lowest BCUT2D eigenvalue weighted by atomic mass is 10.1. The Morgan fingerprint density at radius 3 is 2.33 bits per heavy atom. The maximum Gasteiger partial charge on any atom is 0.348 e. The van der Waals surface area contributed by atoms with E-state index >= 15 is 0 Å². The molecular weight excluding hydrogens is 484 g/mol. The first kappa shape index (κ1) is 27.3. The zero-order valence-corrected chi connectivity index (χ0v) is 22.2. The van der Waals surface area contributed by atoms with Gasteiger partial charge >= 0.3 is 17.6 Å². The molecule has 0 aliphatic heterocycles. The second kappa shape index (κ2) is 10.8. The molecule has 2 aromatic heterocycles. The van der Waals surface area contributed by atoms with Gasteiger partial charge in [0.2, 0.25) is 0 Å². The van der Waals surface area contributed by atoms with Crippen molar-refractivity contribution in [2.75, 3.05) is 13.2 Å². The second-order valence-corrected chi connectivity index (χ2v) is 10.5. The van der Waals surface area contributed by atoms with Crippen LogP contribution in [0.5, 0.6) is 0 Å². The molecule has 0 saturated heterocycles. The quantitative estimate of drug-likeness (QED) is 0.406. The topological polar surface area (TPSA) is 117 Å². The smallest absolute Gasteiger partial charge is 0.348 e. The molecule has 2 heterocycles. The number of aliphatic carboxylic acids is 1. The first-order valence-electron chi connectivity index (χ1n) is 11.8. The van der Waals surface area contributed by atoms with E-state index in [1.807, 2.05) is 44.2 Å². The summed E-state index contributed by atoms with van der Waals surface area (Å²) >= 11 is 0.988. The summed E-state index contributed by atoms with van der Waals surface area (Å²) in [5, 5.41) is 9.96. The molecule has 36 heavy (non-hydrogen) atoms. The summed E-state index contributed by atoms with van der Waals surface area (Å²) in [5.41, 5.74) is -2.20. The zero-order valence-electron chi connectivity index (χ0n) is 21.4. The van der Waals surface area contributed by atoms with E-state index in [4.69, 9.17) is 9.47 Å². The summed E-state index contributed by atoms with van der Waals surface area (Å²) < 4.78 is 13.4. The van der Waals surface area contributed by atoms with Crippen LogP contribution in [0.25, 0.3) is 10.2 Å². The highest BCUT2D eigenvalue weighted by Crippen LogP contribution is 2.31. The van der Waals surface area contributed by atoms with Gasteiger partial charge in [0, 0.05) is 6.61 Å². The SMILES string of the molecule is CCOC(=O)c1sc2c(c1C)c(=O)n(C(C)(C)C(=O)O)c(=O)n2C[C@@H](OCC(C)C)c1ccccc1. The number of hydrogen-bond donors (Lipinski definition) is 1. The van der Waals surface area contributed by atoms with Crippen LogP contribution in [-0.2, 0) is 26.4 Å². The van der Waals surface area contributed by atoms with Crippen LogP contribution in [0.15, 0.2) is 39.9 Å². The fourth-order valence-electron chi connectivity index (χ4n) is 3.88. The lowest BCUT2D eigenvalue weighted by Crippen LogP contribution is -2.52. The molecule has 0 spiro atoms. The zero-order chi connectivity index (χ0) is 26.8. The van der Waals surface area contributed by atoms with Crippen molar-refractivity contribution in [1.82, 2.24) is 9.13 Å². The number of esters is 1. The average molecular weight is 517 g/mol. The van der Waals surface area contributed by atoms with Gasteiger partial charge in [0.05, 0.1) is 18.5 Å². The number of nitrogens with zero attached hydrogens (tertiary/aromatic N) is 2. The Morgan fingerprint density at radius 2 is 1.78 bits per heavy atom. The molecule has 0 aliphatic rings. The summed E-state index contributed by atoms with van der Waals surface area (Å²) in [7, 11) is 0. The van der Waals surface area contributed by atoms with Gasteiger partial charge in [-0.15, -0.1) is 11.3 Å². The van der Waals surface area contributed by atoms with Crippen molar-refractivity contribution in [3.63, 3.8) is 0 Å². The predicted octanol–water partition coefficient (Wildman–Crippen LogP) is 3.94. The van der Waals surface area contributed by atoms with Gasteiger partial charge in [-0.25, -0.2) is 19.0 Å². The van der Waals surface area contributed by atoms with Crippen molar-refractivity contribution < 1.29 is 24.2 Å². The molecule has 1 aromatic carbocycles. The molecule has 1 atom stereocenters. The van der Waals surface area contributed by atoms with Crippen molar-refractivity contribution in [2.24, 2.45) is 5.92 Å². The van der Waals surface area contributed by atoms with Gasteiger partial charge in [0.1, 0.15) is 21.4 Å². The van der Waals surface area contributed by atoms with Crippen molar-refractivity contribution in [3.05, 3.63) is 67.2 Å². The van der Waals surface area contributed by atoms with Crippen LogP contribution < -0.4 is 11.2 Å². The fraction of sp³-hybridized carbons (Fsp3) is 0.462. The van der Waals surface area contributed by atoms with E-state index in [-0.39, 0.29) is 34.2 Å². The molecule has 194 valence electrons. The Hall–Kier alpha value is -3.24. The number of carbonyl (C=O) groups excluding carboxylic acids is 1. The number of hydrogen-bond acceptors (Lipinski definition) is 7. The number of aryl methyl sites for hydroxylation is 1. The van der Waals surface area contributed by atoms with Crippen LogP contribution in [-0.4, -0.2) is 39.4 Å². The molecular formula is C26H32N2O7S. The van der Waals surface area contributed by atoms with Crippen LogP contribution in [0, 0.1) is 12.8 Å². The third-order valence-electron chi connectivity index (χ3n) is 5.91. The van der Waals surface area contributed by atoms with Crippen LogP contribution in [0.3, 0.4) is 0 Å². The van der Waals surface area contributed by atoms with Gasteiger partial charge in [0.15, 0.2) is 0 Å². The molecule has 0 saturated carbocycles. The normalized spacial score (nSPS) is 12.8. The van der Waals surface area contributed by atoms with E-state index < -0.39 is 34.8 Å². The van der Waals surface area contributed by atoms with Crippen LogP contribution >= 0.6 is 11.3 Å². The lowest BCUT2D eigenvalue weighted by molar-refractivity contribution is -0.146. The third kappa shape index (κ3) is 5.15. The number of carboxylic acids is 1. The lowest BCUT2D eigenvalue weighted by Gasteiger charge is -2.25. The Kier molecular flexibility index (Phi) is 8.20. The van der Waals surface area contributed by atoms with Gasteiger partial charge in [-0.05, 0) is 44.7 Å². The standard InChI is InChI=1S/C26H32N2O7S/c1-7-34-23(30)20-16(4)19-21(29)28(26(5,6)24(31)32)25(33)27(22(19)36-20)13-18(35-14-15(2)3)17-11-9-8-10-12-17/h8-12,15,18H,7,13-14H2,1-6H3,(H,31,32)/t18-/m1/s1. The highest BCUT2D eigenvalue weighted by molar-refractivity contribution is 7.20. The molecule has 0 fully saturated rings. The first-order chi connectivity index (χ1) is 16.9. The number of rotatable bonds is 10. The summed E-state index contributed by atoms with van der Waals surface area (Å²) in [6, 6.07) is 9.36. The van der Waals surface area contributed by atoms with Crippen molar-refractivity contribution in [3.8, 4) is 0 Å². The second-order valence-electron chi connectivity index (χ2n) is 9.48. The molecule has 9 nitrogen and oxygen atoms in total. The molecule has 0 radical (unpaired) electrons. The van der Waals surface area contributed by atoms with Gasteiger partial charge in [-0.1, -0.05) is 44.2 Å². The van der Waals surface area contributed by atoms with E-state index in [1.165, 1.54) is 18.4 Å². The minimum atomic E-state index is -1.83. The Morgan fingerprint density at radius 1 is 1.14 bits per heavy atom. The fourth-order valence-corrected chi connectivity index (χ4v) is 5.08. The summed E-state index contributed by atoms with van der Waals surface area (Å²) in [6.07, 6.45) is -0.554. The van der Waals surface area contributed by atoms with Gasteiger partial charge in [-0.3, -0.25) is 9.36 Å². The summed E-state index contributed by atoms with van der Waals surface area (Å²) in [6.45, 7) is 10.5. The van der Waals surface area contributed by atoms with Crippen LogP contribution in [0.2, 0.25) is 0 Å². The molecule has 0 bridgehead atoms. The molecule has 10 heteroatoms. The van der Waals surface area contributed by atoms with Crippen LogP contribution in [0.1, 0.15) is 61.5 Å². The number of benzene rings is 1. The van der Waals surface area contributed by atoms with Crippen LogP contribution in [0.4, 0.5) is 0 Å². The van der Waals surface area contributed by atoms with Crippen molar-refractivity contribution in [2.45, 2.75) is 59.7 Å². The predicted molar refractivity (Wildman–Crippen MR) is 138 cm³/mol. The summed E-state index contributed by atoms with van der Waals surface area (Å²) in [5.74, 6) is -1.71. The minimum absolute atomic E-state index is 0.0181. The number of ether oxygens (including phenoxy) is 2. The van der Waals surface area contributed by atoms with E-state index in [1.54, 1.807) is 13.8 Å². The Bertz CT molecular complexity index is 1380. The van der Waals surface area contributed by atoms with Gasteiger partial charge < -0.3 is 14.6 Å². The van der Waals surface area contributed by atoms with E-state index in [0.717, 1.165) is 21.5 Å². The molecule has 3 aromatic rings. The molecule has 0 amide bonds. The molecule has 0 aliphatic carbocycles. The summed E-state index contributed by atoms with van der Waals surface area (Å²) in [4.78, 5) is 52.5. The number of carboxylic acid groups (broad SMARTS) is 1. The number of thiophene rings is 1. The maximum atomic E-state index is 13.8. The molecule has 1 N–H and O–H groups in total. The largest absolute Gasteiger partial charge is 0.480 e. The minimum Gasteiger partial charge on any atom is -0.480 e. The van der Waals surface area contributed by atoms with E-state index in [0.29, 0.717) is 12.2 Å². The highest BCUT2D eigenvalue weighted by atomic mass is 32.1. The Labute approximate surface area is 212 Å². The average Bonchev–Trinajstić information content (AvgIpc) is 3.16.